The Hall–Kier alpha value is -1.69. The van der Waals surface area contributed by atoms with Gasteiger partial charge in [0.25, 0.3) is 5.91 Å². The van der Waals surface area contributed by atoms with E-state index in [1.165, 1.54) is 37.8 Å². The van der Waals surface area contributed by atoms with Crippen LogP contribution in [0.2, 0.25) is 0 Å². The number of nitrogens with zero attached hydrogens (tertiary/aromatic N) is 1. The van der Waals surface area contributed by atoms with Crippen molar-refractivity contribution in [2.75, 3.05) is 13.1 Å². The number of likely N-dealkylation sites (tertiary alicyclic amines) is 1. The number of carbonyl (C=O) groups is 1. The Bertz CT molecular complexity index is 689. The van der Waals surface area contributed by atoms with Gasteiger partial charge >= 0.3 is 0 Å². The van der Waals surface area contributed by atoms with Crippen LogP contribution in [0.3, 0.4) is 0 Å². The lowest BCUT2D eigenvalue weighted by Gasteiger charge is -2.36. The van der Waals surface area contributed by atoms with Crippen LogP contribution >= 0.6 is 12.2 Å². The van der Waals surface area contributed by atoms with Gasteiger partial charge in [-0.3, -0.25) is 4.79 Å². The summed E-state index contributed by atoms with van der Waals surface area (Å²) in [7, 11) is 0. The predicted octanol–water partition coefficient (Wildman–Crippen LogP) is 3.08. The minimum atomic E-state index is -0.473. The van der Waals surface area contributed by atoms with Gasteiger partial charge in [0.05, 0.1) is 5.56 Å². The number of halogens is 1. The van der Waals surface area contributed by atoms with Crippen LogP contribution < -0.4 is 10.6 Å². The van der Waals surface area contributed by atoms with E-state index in [1.807, 2.05) is 0 Å². The molecule has 140 valence electrons. The van der Waals surface area contributed by atoms with Crippen LogP contribution in [-0.4, -0.2) is 41.1 Å². The summed E-state index contributed by atoms with van der Waals surface area (Å²) in [6.07, 6.45) is 7.03. The van der Waals surface area contributed by atoms with Gasteiger partial charge in [0.2, 0.25) is 0 Å². The summed E-state index contributed by atoms with van der Waals surface area (Å²) >= 11 is 5.62. The number of fused-ring (bicyclic) bond motifs is 2. The molecule has 1 aromatic carbocycles. The molecule has 2 bridgehead atoms. The number of hydrogen-bond acceptors (Lipinski definition) is 2. The van der Waals surface area contributed by atoms with Crippen molar-refractivity contribution in [3.8, 4) is 0 Å². The molecule has 1 heterocycles. The number of hydrogen-bond donors (Lipinski definition) is 2. The minimum Gasteiger partial charge on any atom is -0.360 e. The monoisotopic (exact) mass is 375 g/mol. The molecule has 4 rings (SSSR count). The van der Waals surface area contributed by atoms with Crippen molar-refractivity contribution >= 4 is 23.2 Å². The first kappa shape index (κ1) is 17.7. The third-order valence-electron chi connectivity index (χ3n) is 6.28. The zero-order valence-electron chi connectivity index (χ0n) is 14.9. The van der Waals surface area contributed by atoms with E-state index in [4.69, 9.17) is 12.2 Å². The first-order chi connectivity index (χ1) is 12.6. The Balaban J connectivity index is 1.24. The van der Waals surface area contributed by atoms with Gasteiger partial charge in [-0.05, 0) is 68.3 Å². The summed E-state index contributed by atoms with van der Waals surface area (Å²) in [5, 5.41) is 7.41. The van der Waals surface area contributed by atoms with E-state index in [1.54, 1.807) is 12.1 Å². The number of thiocarbonyl (C=S) groups is 1. The average molecular weight is 376 g/mol. The number of carbonyl (C=O) groups excluding carboxylic acids is 1. The second-order valence-electron chi connectivity index (χ2n) is 7.95. The Labute approximate surface area is 159 Å². The molecule has 0 radical (unpaired) electrons. The van der Waals surface area contributed by atoms with Crippen molar-refractivity contribution < 1.29 is 9.18 Å². The molecule has 1 saturated heterocycles. The van der Waals surface area contributed by atoms with Crippen LogP contribution in [-0.2, 0) is 0 Å². The summed E-state index contributed by atoms with van der Waals surface area (Å²) in [5.74, 6) is 0.901. The maximum absolute atomic E-state index is 13.7. The largest absolute Gasteiger partial charge is 0.360 e. The Morgan fingerprint density at radius 2 is 1.85 bits per heavy atom. The normalized spacial score (nSPS) is 28.2. The molecule has 1 aliphatic heterocycles. The highest BCUT2D eigenvalue weighted by molar-refractivity contribution is 7.80. The molecule has 3 atom stereocenters. The molecule has 2 aliphatic carbocycles. The third-order valence-corrected chi connectivity index (χ3v) is 6.66. The molecule has 0 aromatic heterocycles. The first-order valence-electron chi connectivity index (χ1n) is 9.71. The van der Waals surface area contributed by atoms with Crippen molar-refractivity contribution in [2.24, 2.45) is 11.8 Å². The van der Waals surface area contributed by atoms with E-state index in [0.717, 1.165) is 42.9 Å². The van der Waals surface area contributed by atoms with Gasteiger partial charge < -0.3 is 15.5 Å². The van der Waals surface area contributed by atoms with Crippen LogP contribution in [0.15, 0.2) is 24.3 Å². The highest BCUT2D eigenvalue weighted by atomic mass is 32.1. The Morgan fingerprint density at radius 1 is 1.08 bits per heavy atom. The van der Waals surface area contributed by atoms with Crippen LogP contribution in [0.5, 0.6) is 0 Å². The van der Waals surface area contributed by atoms with E-state index in [9.17, 15) is 9.18 Å². The fourth-order valence-electron chi connectivity index (χ4n) is 4.81. The molecule has 4 nitrogen and oxygen atoms in total. The molecule has 0 spiro atoms. The second-order valence-corrected chi connectivity index (χ2v) is 8.33. The minimum absolute atomic E-state index is 0.0728. The molecular weight excluding hydrogens is 349 g/mol. The van der Waals surface area contributed by atoms with E-state index in [2.05, 4.69) is 15.5 Å². The molecule has 1 amide bonds. The topological polar surface area (TPSA) is 44.4 Å². The number of nitrogens with one attached hydrogen (secondary N) is 2. The van der Waals surface area contributed by atoms with Gasteiger partial charge in [-0.1, -0.05) is 18.6 Å². The molecule has 1 aromatic rings. The second kappa shape index (κ2) is 7.51. The lowest BCUT2D eigenvalue weighted by atomic mass is 9.95. The van der Waals surface area contributed by atoms with Gasteiger partial charge in [0.15, 0.2) is 5.11 Å². The highest BCUT2D eigenvalue weighted by Crippen LogP contribution is 2.44. The van der Waals surface area contributed by atoms with Crippen molar-refractivity contribution in [1.82, 2.24) is 15.5 Å². The summed E-state index contributed by atoms with van der Waals surface area (Å²) in [6, 6.07) is 6.74. The van der Waals surface area contributed by atoms with Crippen molar-refractivity contribution in [3.05, 3.63) is 35.6 Å². The van der Waals surface area contributed by atoms with Gasteiger partial charge in [0.1, 0.15) is 5.82 Å². The van der Waals surface area contributed by atoms with Crippen molar-refractivity contribution in [2.45, 2.75) is 50.6 Å². The third kappa shape index (κ3) is 3.70. The standard InChI is InChI=1S/C20H26FN3OS/c21-17-4-2-1-3-16(17)19(25)22-15-7-9-24(10-8-15)20(26)23-18-12-13-5-6-14(18)11-13/h1-4,13-15,18H,5-12H2,(H,22,25)(H,23,26)/t13-,14-,18-/m0/s1. The van der Waals surface area contributed by atoms with Gasteiger partial charge in [-0.15, -0.1) is 0 Å². The summed E-state index contributed by atoms with van der Waals surface area (Å²) in [5.41, 5.74) is 0.114. The number of benzene rings is 1. The van der Waals surface area contributed by atoms with Crippen LogP contribution in [0, 0.1) is 17.7 Å². The Morgan fingerprint density at radius 3 is 2.50 bits per heavy atom. The van der Waals surface area contributed by atoms with Crippen LogP contribution in [0.4, 0.5) is 4.39 Å². The molecule has 2 N–H and O–H groups in total. The first-order valence-corrected chi connectivity index (χ1v) is 10.1. The van der Waals surface area contributed by atoms with E-state index in [0.29, 0.717) is 6.04 Å². The molecular formula is C20H26FN3OS. The molecule has 26 heavy (non-hydrogen) atoms. The predicted molar refractivity (Wildman–Crippen MR) is 103 cm³/mol. The zero-order chi connectivity index (χ0) is 18.1. The SMILES string of the molecule is O=C(NC1CCN(C(=S)N[C@H]2C[C@H]3CC[C@H]2C3)CC1)c1ccccc1F. The quantitative estimate of drug-likeness (QED) is 0.797. The fourth-order valence-corrected chi connectivity index (χ4v) is 5.14. The Kier molecular flexibility index (Phi) is 5.11. The maximum Gasteiger partial charge on any atom is 0.254 e. The number of rotatable bonds is 3. The maximum atomic E-state index is 13.7. The summed E-state index contributed by atoms with van der Waals surface area (Å²) < 4.78 is 13.7. The zero-order valence-corrected chi connectivity index (χ0v) is 15.7. The van der Waals surface area contributed by atoms with Gasteiger partial charge in [-0.2, -0.15) is 0 Å². The van der Waals surface area contributed by atoms with E-state index < -0.39 is 5.82 Å². The lowest BCUT2D eigenvalue weighted by molar-refractivity contribution is 0.0918. The molecule has 3 aliphatic rings. The number of amides is 1. The molecule has 6 heteroatoms. The lowest BCUT2D eigenvalue weighted by Crippen LogP contribution is -2.52. The van der Waals surface area contributed by atoms with Crippen molar-refractivity contribution in [1.29, 1.82) is 0 Å². The molecule has 0 unspecified atom stereocenters. The molecule has 2 saturated carbocycles. The van der Waals surface area contributed by atoms with Gasteiger partial charge in [0, 0.05) is 25.2 Å². The van der Waals surface area contributed by atoms with E-state index >= 15 is 0 Å². The van der Waals surface area contributed by atoms with Gasteiger partial charge in [-0.25, -0.2) is 4.39 Å². The highest BCUT2D eigenvalue weighted by Gasteiger charge is 2.40. The van der Waals surface area contributed by atoms with Crippen LogP contribution in [0.1, 0.15) is 48.9 Å². The van der Waals surface area contributed by atoms with Crippen LogP contribution in [0.25, 0.3) is 0 Å². The summed E-state index contributed by atoms with van der Waals surface area (Å²) in [6.45, 7) is 1.66. The fraction of sp³-hybridized carbons (Fsp3) is 0.600. The average Bonchev–Trinajstić information content (AvgIpc) is 3.25. The van der Waals surface area contributed by atoms with Crippen molar-refractivity contribution in [3.63, 3.8) is 0 Å². The number of piperidine rings is 1. The smallest absolute Gasteiger partial charge is 0.254 e. The summed E-state index contributed by atoms with van der Waals surface area (Å²) in [4.78, 5) is 14.5. The van der Waals surface area contributed by atoms with E-state index in [-0.39, 0.29) is 17.5 Å². The molecule has 3 fully saturated rings.